The van der Waals surface area contributed by atoms with Gasteiger partial charge in [0.05, 0.1) is 16.7 Å². The van der Waals surface area contributed by atoms with Gasteiger partial charge in [-0.1, -0.05) is 36.8 Å². The first-order chi connectivity index (χ1) is 15.8. The Kier molecular flexibility index (Phi) is 7.06. The second-order valence-electron chi connectivity index (χ2n) is 7.23. The monoisotopic (exact) mass is 502 g/mol. The Morgan fingerprint density at radius 1 is 1.15 bits per heavy atom. The number of allylic oxidation sites excluding steroid dienone is 5. The summed E-state index contributed by atoms with van der Waals surface area (Å²) in [6.45, 7) is 1.89. The van der Waals surface area contributed by atoms with Crippen molar-refractivity contribution in [2.75, 3.05) is 0 Å². The number of carbonyl (C=O) groups excluding carboxylic acids is 1. The minimum atomic E-state index is -5.02. The highest BCUT2D eigenvalue weighted by molar-refractivity contribution is 6.34. The summed E-state index contributed by atoms with van der Waals surface area (Å²) in [5.74, 6) is -1.28. The molecule has 2 aromatic rings. The van der Waals surface area contributed by atoms with Crippen LogP contribution in [0.5, 0.6) is 0 Å². The molecule has 0 spiro atoms. The number of aromatic nitrogens is 3. The summed E-state index contributed by atoms with van der Waals surface area (Å²) in [5.41, 5.74) is 3.08. The zero-order valence-corrected chi connectivity index (χ0v) is 18.3. The van der Waals surface area contributed by atoms with Crippen LogP contribution in [0, 0.1) is 0 Å². The van der Waals surface area contributed by atoms with Crippen molar-refractivity contribution in [1.82, 2.24) is 14.8 Å². The fourth-order valence-electron chi connectivity index (χ4n) is 3.19. The number of rotatable bonds is 5. The lowest BCUT2D eigenvalue weighted by Crippen LogP contribution is -2.17. The Balaban J connectivity index is 2.09. The number of alkyl halides is 6. The molecule has 1 aliphatic rings. The fraction of sp³-hybridized carbons (Fsp3) is 0.227. The lowest BCUT2D eigenvalue weighted by atomic mass is 10.0. The number of primary amides is 1. The molecule has 1 heterocycles. The lowest BCUT2D eigenvalue weighted by Gasteiger charge is -2.13. The van der Waals surface area contributed by atoms with Gasteiger partial charge < -0.3 is 5.73 Å². The molecule has 5 nitrogen and oxygen atoms in total. The van der Waals surface area contributed by atoms with E-state index in [1.165, 1.54) is 0 Å². The van der Waals surface area contributed by atoms with Gasteiger partial charge in [-0.3, -0.25) is 4.79 Å². The number of nitrogens with zero attached hydrogens (tertiary/aromatic N) is 3. The molecule has 0 fully saturated rings. The van der Waals surface area contributed by atoms with Gasteiger partial charge in [-0.15, -0.1) is 5.10 Å². The van der Waals surface area contributed by atoms with Gasteiger partial charge >= 0.3 is 12.4 Å². The zero-order valence-electron chi connectivity index (χ0n) is 17.5. The Bertz CT molecular complexity index is 1200. The summed E-state index contributed by atoms with van der Waals surface area (Å²) in [6.07, 6.45) is -1.59. The van der Waals surface area contributed by atoms with E-state index in [-0.39, 0.29) is 11.6 Å². The number of benzene rings is 1. The summed E-state index contributed by atoms with van der Waals surface area (Å²) in [5, 5.41) is 4.22. The van der Waals surface area contributed by atoms with E-state index in [4.69, 9.17) is 17.3 Å². The smallest absolute Gasteiger partial charge is 0.366 e. The molecule has 0 radical (unpaired) electrons. The summed E-state index contributed by atoms with van der Waals surface area (Å²) in [6, 6.07) is 1.04. The van der Waals surface area contributed by atoms with Crippen LogP contribution in [0.4, 0.5) is 26.3 Å². The Labute approximate surface area is 194 Å². The van der Waals surface area contributed by atoms with Crippen LogP contribution in [-0.2, 0) is 17.1 Å². The first-order valence-electron chi connectivity index (χ1n) is 9.79. The van der Waals surface area contributed by atoms with E-state index in [1.807, 2.05) is 13.0 Å². The second kappa shape index (κ2) is 9.49. The van der Waals surface area contributed by atoms with Gasteiger partial charge in [0.2, 0.25) is 0 Å². The molecule has 34 heavy (non-hydrogen) atoms. The molecule has 0 bridgehead atoms. The lowest BCUT2D eigenvalue weighted by molar-refractivity contribution is -0.143. The van der Waals surface area contributed by atoms with Crippen molar-refractivity contribution in [1.29, 1.82) is 0 Å². The third kappa shape index (κ3) is 5.58. The maximum Gasteiger partial charge on any atom is 0.416 e. The van der Waals surface area contributed by atoms with E-state index in [2.05, 4.69) is 10.1 Å². The summed E-state index contributed by atoms with van der Waals surface area (Å²) < 4.78 is 79.9. The molecule has 3 rings (SSSR count). The number of amides is 1. The molecule has 0 saturated heterocycles. The van der Waals surface area contributed by atoms with Crippen LogP contribution in [-0.4, -0.2) is 20.7 Å². The van der Waals surface area contributed by atoms with Gasteiger partial charge in [0.1, 0.15) is 6.33 Å². The van der Waals surface area contributed by atoms with Crippen LogP contribution in [0.2, 0.25) is 0 Å². The van der Waals surface area contributed by atoms with Gasteiger partial charge in [-0.05, 0) is 36.6 Å². The fourth-order valence-corrected chi connectivity index (χ4v) is 3.56. The molecular weight excluding hydrogens is 486 g/mol. The predicted molar refractivity (Wildman–Crippen MR) is 114 cm³/mol. The zero-order chi connectivity index (χ0) is 25.3. The Morgan fingerprint density at radius 3 is 2.29 bits per heavy atom. The standard InChI is InChI=1S/C22H17ClF6N4O/c1-2-12-5-3-4-6-16(18(12)23)17(19(30)34)10-33-11-31-20(32-33)13-7-14(21(24,25)26)9-15(8-13)22(27,28)29/h3-4,6-11H,2,5H2,1H3,(H2,30,34). The first kappa shape index (κ1) is 25.3. The number of hydrogen-bond donors (Lipinski definition) is 1. The average Bonchev–Trinajstić information content (AvgIpc) is 3.14. The molecule has 180 valence electrons. The number of halogens is 7. The van der Waals surface area contributed by atoms with Gasteiger partial charge in [-0.25, -0.2) is 9.67 Å². The van der Waals surface area contributed by atoms with E-state index in [9.17, 15) is 31.1 Å². The summed E-state index contributed by atoms with van der Waals surface area (Å²) in [7, 11) is 0. The quantitative estimate of drug-likeness (QED) is 0.397. The largest absolute Gasteiger partial charge is 0.416 e. The van der Waals surface area contributed by atoms with E-state index in [0.29, 0.717) is 35.6 Å². The minimum absolute atomic E-state index is 0.0112. The minimum Gasteiger partial charge on any atom is -0.366 e. The molecule has 1 amide bonds. The molecule has 0 saturated carbocycles. The molecule has 12 heteroatoms. The van der Waals surface area contributed by atoms with Crippen molar-refractivity contribution in [3.8, 4) is 11.4 Å². The normalized spacial score (nSPS) is 15.4. The van der Waals surface area contributed by atoms with Crippen LogP contribution in [0.1, 0.15) is 30.9 Å². The number of carbonyl (C=O) groups is 1. The molecule has 0 unspecified atom stereocenters. The van der Waals surface area contributed by atoms with Crippen molar-refractivity contribution in [3.63, 3.8) is 0 Å². The van der Waals surface area contributed by atoms with E-state index in [0.717, 1.165) is 22.8 Å². The average molecular weight is 503 g/mol. The van der Waals surface area contributed by atoms with E-state index in [1.54, 1.807) is 12.2 Å². The van der Waals surface area contributed by atoms with Crippen LogP contribution in [0.3, 0.4) is 0 Å². The van der Waals surface area contributed by atoms with Crippen molar-refractivity contribution >= 4 is 23.7 Å². The van der Waals surface area contributed by atoms with Gasteiger partial charge in [0.15, 0.2) is 5.82 Å². The van der Waals surface area contributed by atoms with Gasteiger partial charge in [0.25, 0.3) is 5.91 Å². The molecular formula is C22H17ClF6N4O. The van der Waals surface area contributed by atoms with Gasteiger partial charge in [0, 0.05) is 22.4 Å². The molecule has 2 N–H and O–H groups in total. The topological polar surface area (TPSA) is 73.8 Å². The van der Waals surface area contributed by atoms with Crippen molar-refractivity contribution in [2.45, 2.75) is 32.1 Å². The maximum atomic E-state index is 13.2. The van der Waals surface area contributed by atoms with Crippen LogP contribution in [0.15, 0.2) is 64.5 Å². The SMILES string of the molecule is CCC1=C(Cl)C(C(=Cn2cnc(-c3cc(C(F)(F)F)cc(C(F)(F)F)c3)n2)C(N)=O)=CC=CC1. The number of hydrogen-bond acceptors (Lipinski definition) is 3. The first-order valence-corrected chi connectivity index (χ1v) is 10.2. The van der Waals surface area contributed by atoms with Gasteiger partial charge in [-0.2, -0.15) is 26.3 Å². The summed E-state index contributed by atoms with van der Waals surface area (Å²) >= 11 is 6.44. The molecule has 1 aromatic heterocycles. The highest BCUT2D eigenvalue weighted by Gasteiger charge is 2.37. The van der Waals surface area contributed by atoms with E-state index >= 15 is 0 Å². The molecule has 1 aliphatic carbocycles. The number of nitrogens with two attached hydrogens (primary N) is 1. The molecule has 0 aliphatic heterocycles. The Morgan fingerprint density at radius 2 is 1.76 bits per heavy atom. The van der Waals surface area contributed by atoms with Crippen molar-refractivity contribution in [3.05, 3.63) is 75.6 Å². The Hall–Kier alpha value is -3.34. The van der Waals surface area contributed by atoms with Crippen molar-refractivity contribution in [2.24, 2.45) is 5.73 Å². The van der Waals surface area contributed by atoms with Crippen molar-refractivity contribution < 1.29 is 31.1 Å². The third-order valence-electron chi connectivity index (χ3n) is 4.91. The summed E-state index contributed by atoms with van der Waals surface area (Å²) in [4.78, 5) is 15.9. The molecule has 0 atom stereocenters. The van der Waals surface area contributed by atoms with Crippen LogP contribution >= 0.6 is 11.6 Å². The third-order valence-corrected chi connectivity index (χ3v) is 5.38. The van der Waals surface area contributed by atoms with E-state index < -0.39 is 40.8 Å². The second-order valence-corrected chi connectivity index (χ2v) is 7.61. The molecule has 1 aromatic carbocycles. The maximum absolute atomic E-state index is 13.2. The van der Waals surface area contributed by atoms with Crippen LogP contribution < -0.4 is 5.73 Å². The highest BCUT2D eigenvalue weighted by Crippen LogP contribution is 2.38. The highest BCUT2D eigenvalue weighted by atomic mass is 35.5. The van der Waals surface area contributed by atoms with Crippen LogP contribution in [0.25, 0.3) is 17.6 Å². The predicted octanol–water partition coefficient (Wildman–Crippen LogP) is 6.10.